The van der Waals surface area contributed by atoms with Gasteiger partial charge >= 0.3 is 0 Å². The van der Waals surface area contributed by atoms with Crippen molar-refractivity contribution in [1.82, 2.24) is 0 Å². The van der Waals surface area contributed by atoms with Crippen molar-refractivity contribution < 1.29 is 33.5 Å². The van der Waals surface area contributed by atoms with Crippen molar-refractivity contribution in [3.8, 4) is 0 Å². The van der Waals surface area contributed by atoms with Crippen molar-refractivity contribution in [2.45, 2.75) is 6.42 Å². The molecule has 2 rings (SSSR count). The maximum absolute atomic E-state index is 8.49. The molecule has 20 heavy (non-hydrogen) atoms. The summed E-state index contributed by atoms with van der Waals surface area (Å²) >= 11 is 0. The molecule has 1 heterocycles. The second kappa shape index (κ2) is 7.94. The minimum Gasteiger partial charge on any atom is -0.238 e. The van der Waals surface area contributed by atoms with Gasteiger partial charge < -0.3 is 0 Å². The third kappa shape index (κ3) is 8.58. The summed E-state index contributed by atoms with van der Waals surface area (Å²) in [5.74, 6) is 0. The van der Waals surface area contributed by atoms with Gasteiger partial charge in [-0.2, -0.15) is 0 Å². The van der Waals surface area contributed by atoms with E-state index in [1.807, 2.05) is 6.07 Å². The quantitative estimate of drug-likeness (QED) is 0.589. The van der Waals surface area contributed by atoms with Gasteiger partial charge in [0.1, 0.15) is 13.6 Å². The molecule has 0 aliphatic carbocycles. The van der Waals surface area contributed by atoms with Crippen molar-refractivity contribution in [3.05, 3.63) is 53.6 Å². The summed E-state index contributed by atoms with van der Waals surface area (Å²) in [6, 6.07) is 10.4. The zero-order valence-corrected chi connectivity index (χ0v) is 11.8. The Bertz CT molecular complexity index is 498. The highest BCUT2D eigenvalue weighted by atomic mass is 35.7. The highest BCUT2D eigenvalue weighted by Crippen LogP contribution is 2.09. The molecule has 0 spiro atoms. The molecule has 0 amide bonds. The molecular weight excluding hydrogens is 282 g/mol. The zero-order chi connectivity index (χ0) is 15.0. The van der Waals surface area contributed by atoms with Crippen LogP contribution in [-0.2, 0) is 0 Å². The first-order chi connectivity index (χ1) is 9.34. The fourth-order valence-corrected chi connectivity index (χ4v) is 1.59. The Balaban J connectivity index is 0.000000347. The number of allylic oxidation sites excluding steroid dienone is 2. The lowest BCUT2D eigenvalue weighted by Gasteiger charge is -2.17. The van der Waals surface area contributed by atoms with E-state index in [1.54, 1.807) is 0 Å². The van der Waals surface area contributed by atoms with Crippen LogP contribution in [0.25, 0.3) is 6.08 Å². The summed E-state index contributed by atoms with van der Waals surface area (Å²) in [6.45, 7) is 1.12. The smallest absolute Gasteiger partial charge is 0.163 e. The fourth-order valence-electron chi connectivity index (χ4n) is 1.59. The predicted octanol–water partition coefficient (Wildman–Crippen LogP) is -2.01. The Morgan fingerprint density at radius 3 is 2.15 bits per heavy atom. The van der Waals surface area contributed by atoms with Crippen molar-refractivity contribution in [3.63, 3.8) is 0 Å². The standard InChI is InChI=1S/C14H16N.ClHO4/c1-15-11-9-14(10-12-15)8-7-13-5-3-2-4-6-13;2-1(3,4)5/h2-9,11H,10,12H2,1H3;(H,2,3,4,5)/q+1;/p-1/b8-7+;. The first-order valence-electron chi connectivity index (χ1n) is 5.94. The van der Waals surface area contributed by atoms with E-state index in [0.29, 0.717) is 0 Å². The second-order valence-electron chi connectivity index (χ2n) is 4.24. The summed E-state index contributed by atoms with van der Waals surface area (Å²) in [7, 11) is -2.84. The number of hydrogen-bond donors (Lipinski definition) is 0. The molecule has 6 heteroatoms. The van der Waals surface area contributed by atoms with Crippen LogP contribution in [0.3, 0.4) is 0 Å². The molecule has 0 bridgehead atoms. The third-order valence-corrected chi connectivity index (χ3v) is 2.59. The van der Waals surface area contributed by atoms with Crippen LogP contribution in [0.2, 0.25) is 0 Å². The van der Waals surface area contributed by atoms with Crippen LogP contribution >= 0.6 is 0 Å². The minimum absolute atomic E-state index is 1.12. The second-order valence-corrected chi connectivity index (χ2v) is 5.00. The van der Waals surface area contributed by atoms with E-state index in [2.05, 4.69) is 60.3 Å². The monoisotopic (exact) mass is 297 g/mol. The molecule has 0 N–H and O–H groups in total. The maximum Gasteiger partial charge on any atom is 0.163 e. The Morgan fingerprint density at radius 1 is 1.05 bits per heavy atom. The zero-order valence-electron chi connectivity index (χ0n) is 11.1. The van der Waals surface area contributed by atoms with Gasteiger partial charge in [-0.15, -0.1) is 10.2 Å². The van der Waals surface area contributed by atoms with Crippen LogP contribution in [-0.4, -0.2) is 24.4 Å². The molecule has 0 radical (unpaired) electrons. The highest BCUT2D eigenvalue weighted by Gasteiger charge is 2.03. The first-order valence-corrected chi connectivity index (χ1v) is 7.17. The van der Waals surface area contributed by atoms with Crippen LogP contribution < -0.4 is 18.6 Å². The van der Waals surface area contributed by atoms with Crippen molar-refractivity contribution >= 4 is 12.3 Å². The van der Waals surface area contributed by atoms with Gasteiger partial charge in [-0.05, 0) is 11.1 Å². The minimum atomic E-state index is -4.94. The SMILES string of the molecule is C[N+]1=CC=C(/C=C/c2ccccc2)CC1.[O-][Cl+3]([O-])([O-])[O-]. The van der Waals surface area contributed by atoms with E-state index in [0.717, 1.165) is 13.0 Å². The Labute approximate surface area is 120 Å². The summed E-state index contributed by atoms with van der Waals surface area (Å²) in [5, 5.41) is 0. The van der Waals surface area contributed by atoms with Gasteiger partial charge in [0.05, 0.1) is 0 Å². The van der Waals surface area contributed by atoms with Crippen LogP contribution in [0, 0.1) is 10.2 Å². The molecule has 0 atom stereocenters. The van der Waals surface area contributed by atoms with E-state index in [-0.39, 0.29) is 0 Å². The summed E-state index contributed by atoms with van der Waals surface area (Å²) in [5.41, 5.74) is 2.66. The normalized spacial score (nSPS) is 15.2. The molecule has 1 aliphatic heterocycles. The maximum atomic E-state index is 8.49. The molecule has 1 aliphatic rings. The van der Waals surface area contributed by atoms with E-state index >= 15 is 0 Å². The largest absolute Gasteiger partial charge is 0.238 e. The molecule has 5 nitrogen and oxygen atoms in total. The number of halogens is 1. The summed E-state index contributed by atoms with van der Waals surface area (Å²) in [6.07, 6.45) is 9.83. The molecule has 0 saturated carbocycles. The molecule has 0 fully saturated rings. The average Bonchev–Trinajstić information content (AvgIpc) is 2.37. The topological polar surface area (TPSA) is 95.2 Å². The van der Waals surface area contributed by atoms with Gasteiger partial charge in [0.15, 0.2) is 6.21 Å². The van der Waals surface area contributed by atoms with Crippen molar-refractivity contribution in [2.75, 3.05) is 13.6 Å². The highest BCUT2D eigenvalue weighted by molar-refractivity contribution is 5.70. The molecular formula is C14H16ClNO4. The van der Waals surface area contributed by atoms with Gasteiger partial charge in [0.25, 0.3) is 0 Å². The summed E-state index contributed by atoms with van der Waals surface area (Å²) in [4.78, 5) is 0. The summed E-state index contributed by atoms with van der Waals surface area (Å²) < 4.78 is 36.2. The van der Waals surface area contributed by atoms with E-state index in [9.17, 15) is 0 Å². The van der Waals surface area contributed by atoms with Crippen molar-refractivity contribution in [2.24, 2.45) is 0 Å². The lowest BCUT2D eigenvalue weighted by molar-refractivity contribution is -2.00. The van der Waals surface area contributed by atoms with Crippen LogP contribution in [0.15, 0.2) is 48.1 Å². The van der Waals surface area contributed by atoms with Crippen LogP contribution in [0.5, 0.6) is 0 Å². The number of nitrogens with zero attached hydrogens (tertiary/aromatic N) is 1. The van der Waals surface area contributed by atoms with Gasteiger partial charge in [-0.3, -0.25) is 0 Å². The Kier molecular flexibility index (Phi) is 6.57. The van der Waals surface area contributed by atoms with E-state index in [4.69, 9.17) is 18.6 Å². The van der Waals surface area contributed by atoms with E-state index in [1.165, 1.54) is 11.1 Å². The average molecular weight is 298 g/mol. The lowest BCUT2D eigenvalue weighted by atomic mass is 10.1. The fraction of sp³-hybridized carbons (Fsp3) is 0.214. The molecule has 0 saturated heterocycles. The van der Waals surface area contributed by atoms with Gasteiger partial charge in [0, 0.05) is 12.5 Å². The lowest BCUT2D eigenvalue weighted by Crippen LogP contribution is -2.68. The van der Waals surface area contributed by atoms with Gasteiger partial charge in [-0.1, -0.05) is 42.5 Å². The number of benzene rings is 1. The molecule has 108 valence electrons. The Morgan fingerprint density at radius 2 is 1.65 bits per heavy atom. The molecule has 1 aromatic rings. The first kappa shape index (κ1) is 16.6. The van der Waals surface area contributed by atoms with Crippen LogP contribution in [0.4, 0.5) is 0 Å². The molecule has 0 aromatic heterocycles. The number of rotatable bonds is 2. The third-order valence-electron chi connectivity index (χ3n) is 2.59. The molecule has 0 unspecified atom stereocenters. The van der Waals surface area contributed by atoms with Gasteiger partial charge in [0.2, 0.25) is 0 Å². The van der Waals surface area contributed by atoms with Crippen LogP contribution in [0.1, 0.15) is 12.0 Å². The Hall–Kier alpha value is -1.50. The number of hydrogen-bond acceptors (Lipinski definition) is 4. The predicted molar refractivity (Wildman–Crippen MR) is 65.3 cm³/mol. The van der Waals surface area contributed by atoms with Crippen molar-refractivity contribution in [1.29, 1.82) is 0 Å². The van der Waals surface area contributed by atoms with E-state index < -0.39 is 10.2 Å². The van der Waals surface area contributed by atoms with Gasteiger partial charge in [-0.25, -0.2) is 23.2 Å². The molecule has 1 aromatic carbocycles.